The van der Waals surface area contributed by atoms with Crippen molar-refractivity contribution in [2.75, 3.05) is 5.32 Å². The van der Waals surface area contributed by atoms with Crippen molar-refractivity contribution in [1.82, 2.24) is 0 Å². The fourth-order valence-corrected chi connectivity index (χ4v) is 2.40. The third-order valence-electron chi connectivity index (χ3n) is 2.90. The number of nitriles is 1. The molecule has 0 saturated heterocycles. The van der Waals surface area contributed by atoms with Crippen LogP contribution in [0.4, 0.5) is 10.1 Å². The van der Waals surface area contributed by atoms with Crippen LogP contribution >= 0.6 is 27.5 Å². The molecule has 2 aromatic carbocycles. The van der Waals surface area contributed by atoms with Crippen LogP contribution in [0.25, 0.3) is 0 Å². The van der Waals surface area contributed by atoms with Crippen molar-refractivity contribution in [1.29, 1.82) is 5.26 Å². The molecule has 2 aromatic rings. The van der Waals surface area contributed by atoms with Crippen LogP contribution in [-0.4, -0.2) is 0 Å². The van der Waals surface area contributed by atoms with Crippen molar-refractivity contribution >= 4 is 33.2 Å². The summed E-state index contributed by atoms with van der Waals surface area (Å²) in [6.07, 6.45) is 0. The molecule has 20 heavy (non-hydrogen) atoms. The van der Waals surface area contributed by atoms with Gasteiger partial charge in [0.1, 0.15) is 11.9 Å². The summed E-state index contributed by atoms with van der Waals surface area (Å²) in [7, 11) is 0. The molecule has 0 radical (unpaired) electrons. The summed E-state index contributed by atoms with van der Waals surface area (Å²) < 4.78 is 14.6. The lowest BCUT2D eigenvalue weighted by molar-refractivity contribution is 0.599. The Morgan fingerprint density at radius 2 is 2.05 bits per heavy atom. The van der Waals surface area contributed by atoms with Crippen LogP contribution in [0.2, 0.25) is 5.02 Å². The normalized spacial score (nSPS) is 11.8. The molecule has 0 aliphatic rings. The van der Waals surface area contributed by atoms with Gasteiger partial charge in [0.15, 0.2) is 0 Å². The quantitative estimate of drug-likeness (QED) is 0.814. The Morgan fingerprint density at radius 1 is 1.30 bits per heavy atom. The van der Waals surface area contributed by atoms with E-state index >= 15 is 0 Å². The molecule has 0 bridgehead atoms. The highest BCUT2D eigenvalue weighted by atomic mass is 79.9. The number of rotatable bonds is 3. The fourth-order valence-electron chi connectivity index (χ4n) is 1.90. The van der Waals surface area contributed by atoms with Crippen molar-refractivity contribution in [3.63, 3.8) is 0 Å². The van der Waals surface area contributed by atoms with Gasteiger partial charge in [0, 0.05) is 15.1 Å². The van der Waals surface area contributed by atoms with E-state index < -0.39 is 0 Å². The van der Waals surface area contributed by atoms with Crippen LogP contribution in [0.1, 0.15) is 24.1 Å². The monoisotopic (exact) mass is 352 g/mol. The van der Waals surface area contributed by atoms with E-state index in [0.717, 1.165) is 0 Å². The van der Waals surface area contributed by atoms with Crippen LogP contribution in [0.15, 0.2) is 40.9 Å². The van der Waals surface area contributed by atoms with Crippen molar-refractivity contribution in [2.24, 2.45) is 0 Å². The molecule has 0 fully saturated rings. The summed E-state index contributed by atoms with van der Waals surface area (Å²) in [6.45, 7) is 1.83. The molecule has 0 aliphatic heterocycles. The Bertz CT molecular complexity index is 682. The highest BCUT2D eigenvalue weighted by molar-refractivity contribution is 9.10. The van der Waals surface area contributed by atoms with Crippen LogP contribution in [0, 0.1) is 17.1 Å². The summed E-state index contributed by atoms with van der Waals surface area (Å²) in [5, 5.41) is 12.7. The van der Waals surface area contributed by atoms with Gasteiger partial charge in [-0.2, -0.15) is 5.26 Å². The minimum absolute atomic E-state index is 0.284. The lowest BCUT2D eigenvalue weighted by Crippen LogP contribution is -2.09. The highest BCUT2D eigenvalue weighted by Crippen LogP contribution is 2.27. The fraction of sp³-hybridized carbons (Fsp3) is 0.133. The van der Waals surface area contributed by atoms with Gasteiger partial charge in [-0.25, -0.2) is 4.39 Å². The van der Waals surface area contributed by atoms with Gasteiger partial charge in [-0.15, -0.1) is 0 Å². The Kier molecular flexibility index (Phi) is 4.64. The minimum Gasteiger partial charge on any atom is -0.377 e. The molecule has 102 valence electrons. The molecule has 0 aliphatic carbocycles. The standard InChI is InChI=1S/C15H11BrClFN2/c1-9(13-5-3-11(16)6-14(13)18)20-15-7-12(17)4-2-10(15)8-19/h2-7,9,20H,1H3. The van der Waals surface area contributed by atoms with Crippen LogP contribution < -0.4 is 5.32 Å². The van der Waals surface area contributed by atoms with E-state index in [2.05, 4.69) is 27.3 Å². The van der Waals surface area contributed by atoms with Gasteiger partial charge in [-0.3, -0.25) is 0 Å². The SMILES string of the molecule is CC(Nc1cc(Cl)ccc1C#N)c1ccc(Br)cc1F. The molecule has 0 saturated carbocycles. The van der Waals surface area contributed by atoms with E-state index in [4.69, 9.17) is 16.9 Å². The number of anilines is 1. The zero-order valence-electron chi connectivity index (χ0n) is 10.6. The zero-order chi connectivity index (χ0) is 14.7. The Balaban J connectivity index is 2.30. The Labute approximate surface area is 130 Å². The smallest absolute Gasteiger partial charge is 0.129 e. The first kappa shape index (κ1) is 14.8. The van der Waals surface area contributed by atoms with Crippen molar-refractivity contribution in [2.45, 2.75) is 13.0 Å². The van der Waals surface area contributed by atoms with Gasteiger partial charge in [0.2, 0.25) is 0 Å². The second kappa shape index (κ2) is 6.25. The van der Waals surface area contributed by atoms with Gasteiger partial charge in [0.05, 0.1) is 17.3 Å². The first-order chi connectivity index (χ1) is 9.51. The van der Waals surface area contributed by atoms with E-state index in [1.165, 1.54) is 6.07 Å². The Hall–Kier alpha value is -1.57. The van der Waals surface area contributed by atoms with E-state index in [9.17, 15) is 4.39 Å². The van der Waals surface area contributed by atoms with E-state index in [1.54, 1.807) is 30.3 Å². The summed E-state index contributed by atoms with van der Waals surface area (Å²) in [4.78, 5) is 0. The third-order valence-corrected chi connectivity index (χ3v) is 3.63. The Morgan fingerprint density at radius 3 is 2.70 bits per heavy atom. The molecule has 1 N–H and O–H groups in total. The van der Waals surface area contributed by atoms with Gasteiger partial charge >= 0.3 is 0 Å². The number of halogens is 3. The summed E-state index contributed by atoms with van der Waals surface area (Å²) in [5.74, 6) is -0.306. The lowest BCUT2D eigenvalue weighted by Gasteiger charge is -2.17. The molecule has 0 spiro atoms. The van der Waals surface area contributed by atoms with Gasteiger partial charge in [0.25, 0.3) is 0 Å². The lowest BCUT2D eigenvalue weighted by atomic mass is 10.1. The van der Waals surface area contributed by atoms with Gasteiger partial charge in [-0.05, 0) is 37.3 Å². The summed E-state index contributed by atoms with van der Waals surface area (Å²) in [5.41, 5.74) is 1.59. The topological polar surface area (TPSA) is 35.8 Å². The second-order valence-electron chi connectivity index (χ2n) is 4.33. The van der Waals surface area contributed by atoms with Crippen LogP contribution in [-0.2, 0) is 0 Å². The molecule has 0 aromatic heterocycles. The number of hydrogen-bond acceptors (Lipinski definition) is 2. The molecule has 0 amide bonds. The van der Waals surface area contributed by atoms with Crippen LogP contribution in [0.3, 0.4) is 0 Å². The maximum atomic E-state index is 13.9. The number of nitrogens with zero attached hydrogens (tertiary/aromatic N) is 1. The van der Waals surface area contributed by atoms with Crippen LogP contribution in [0.5, 0.6) is 0 Å². The van der Waals surface area contributed by atoms with Gasteiger partial charge in [-0.1, -0.05) is 33.6 Å². The average molecular weight is 354 g/mol. The first-order valence-electron chi connectivity index (χ1n) is 5.92. The van der Waals surface area contributed by atoms with E-state index in [-0.39, 0.29) is 11.9 Å². The number of benzene rings is 2. The van der Waals surface area contributed by atoms with Gasteiger partial charge < -0.3 is 5.32 Å². The first-order valence-corrected chi connectivity index (χ1v) is 7.09. The zero-order valence-corrected chi connectivity index (χ0v) is 13.0. The molecule has 1 atom stereocenters. The van der Waals surface area contributed by atoms with Crippen molar-refractivity contribution < 1.29 is 4.39 Å². The molecule has 1 unspecified atom stereocenters. The molecular formula is C15H11BrClFN2. The van der Waals surface area contributed by atoms with E-state index in [1.807, 2.05) is 6.92 Å². The van der Waals surface area contributed by atoms with E-state index in [0.29, 0.717) is 26.3 Å². The summed E-state index contributed by atoms with van der Waals surface area (Å²) in [6, 6.07) is 11.6. The average Bonchev–Trinajstić information content (AvgIpc) is 2.38. The largest absolute Gasteiger partial charge is 0.377 e. The number of hydrogen-bond donors (Lipinski definition) is 1. The molecule has 5 heteroatoms. The van der Waals surface area contributed by atoms with Crippen molar-refractivity contribution in [3.05, 3.63) is 62.8 Å². The molecular weight excluding hydrogens is 343 g/mol. The number of nitrogens with one attached hydrogen (secondary N) is 1. The predicted molar refractivity (Wildman–Crippen MR) is 82.3 cm³/mol. The second-order valence-corrected chi connectivity index (χ2v) is 5.69. The predicted octanol–water partition coefficient (Wildman–Crippen LogP) is 5.29. The third kappa shape index (κ3) is 3.30. The molecule has 0 heterocycles. The molecule has 2 nitrogen and oxygen atoms in total. The minimum atomic E-state index is -0.306. The van der Waals surface area contributed by atoms with Crippen molar-refractivity contribution in [3.8, 4) is 6.07 Å². The maximum absolute atomic E-state index is 13.9. The molecule has 2 rings (SSSR count). The summed E-state index contributed by atoms with van der Waals surface area (Å²) >= 11 is 9.15. The maximum Gasteiger partial charge on any atom is 0.129 e. The highest BCUT2D eigenvalue weighted by Gasteiger charge is 2.13.